The van der Waals surface area contributed by atoms with Crippen LogP contribution in [0.1, 0.15) is 56.3 Å². The molecule has 8 nitrogen and oxygen atoms in total. The van der Waals surface area contributed by atoms with Gasteiger partial charge in [-0.05, 0) is 68.9 Å². The lowest BCUT2D eigenvalue weighted by molar-refractivity contribution is -0.0335. The van der Waals surface area contributed by atoms with Crippen molar-refractivity contribution >= 4 is 23.7 Å². The summed E-state index contributed by atoms with van der Waals surface area (Å²) in [6.07, 6.45) is 2.38. The van der Waals surface area contributed by atoms with Gasteiger partial charge in [0, 0.05) is 24.7 Å². The number of halogens is 1. The molecule has 0 aliphatic carbocycles. The number of ether oxygens (including phenoxy) is 3. The lowest BCUT2D eigenvalue weighted by Gasteiger charge is -2.42. The standard InChI is InChI=1S/C25H34ClN3O5/c1-25(2,3)34-24(31)28-8-9-32-15-22(28)20-11-17(26)10-16-6-7-27(12-21(16)20)23(30)29-18-4-5-19(29)14-33-13-18/h10-11,18-19,22H,4-9,12-15H2,1-3H3/t18?,19?,22-/m0/s1. The van der Waals surface area contributed by atoms with E-state index < -0.39 is 5.60 Å². The summed E-state index contributed by atoms with van der Waals surface area (Å²) in [7, 11) is 0. The molecule has 0 N–H and O–H groups in total. The minimum absolute atomic E-state index is 0.0891. The molecule has 3 atom stereocenters. The summed E-state index contributed by atoms with van der Waals surface area (Å²) in [5.74, 6) is 0. The van der Waals surface area contributed by atoms with Gasteiger partial charge in [-0.2, -0.15) is 0 Å². The summed E-state index contributed by atoms with van der Waals surface area (Å²) in [6, 6.07) is 4.03. The van der Waals surface area contributed by atoms with Gasteiger partial charge in [0.2, 0.25) is 0 Å². The van der Waals surface area contributed by atoms with Crippen LogP contribution in [0.25, 0.3) is 0 Å². The number of nitrogens with zero attached hydrogens (tertiary/aromatic N) is 3. The summed E-state index contributed by atoms with van der Waals surface area (Å²) in [5.41, 5.74) is 2.55. The molecule has 1 aromatic rings. The first-order valence-electron chi connectivity index (χ1n) is 12.2. The molecule has 5 rings (SSSR count). The van der Waals surface area contributed by atoms with Crippen molar-refractivity contribution in [2.75, 3.05) is 39.5 Å². The average molecular weight is 492 g/mol. The Bertz CT molecular complexity index is 949. The largest absolute Gasteiger partial charge is 0.444 e. The van der Waals surface area contributed by atoms with Crippen LogP contribution < -0.4 is 0 Å². The minimum Gasteiger partial charge on any atom is -0.444 e. The Morgan fingerprint density at radius 1 is 1.06 bits per heavy atom. The van der Waals surface area contributed by atoms with E-state index in [1.54, 1.807) is 4.90 Å². The van der Waals surface area contributed by atoms with Crippen molar-refractivity contribution in [3.63, 3.8) is 0 Å². The van der Waals surface area contributed by atoms with E-state index in [1.807, 2.05) is 42.7 Å². The number of carbonyl (C=O) groups is 2. The molecule has 1 aromatic carbocycles. The van der Waals surface area contributed by atoms with Gasteiger partial charge in [-0.1, -0.05) is 11.6 Å². The molecule has 2 unspecified atom stereocenters. The molecule has 3 fully saturated rings. The zero-order chi connectivity index (χ0) is 24.0. The molecule has 0 aromatic heterocycles. The maximum Gasteiger partial charge on any atom is 0.410 e. The van der Waals surface area contributed by atoms with Gasteiger partial charge in [-0.15, -0.1) is 0 Å². The first kappa shape index (κ1) is 23.7. The summed E-state index contributed by atoms with van der Waals surface area (Å²) in [6.45, 7) is 9.26. The van der Waals surface area contributed by atoms with E-state index >= 15 is 0 Å². The lowest BCUT2D eigenvalue weighted by Crippen LogP contribution is -2.55. The number of fused-ring (bicyclic) bond motifs is 3. The van der Waals surface area contributed by atoms with E-state index in [0.29, 0.717) is 51.1 Å². The first-order valence-corrected chi connectivity index (χ1v) is 12.6. The topological polar surface area (TPSA) is 71.5 Å². The smallest absolute Gasteiger partial charge is 0.410 e. The molecule has 0 radical (unpaired) electrons. The summed E-state index contributed by atoms with van der Waals surface area (Å²) in [5, 5.41) is 0.634. The molecule has 4 heterocycles. The molecular weight excluding hydrogens is 458 g/mol. The van der Waals surface area contributed by atoms with Crippen molar-refractivity contribution in [3.8, 4) is 0 Å². The number of amides is 3. The van der Waals surface area contributed by atoms with Crippen LogP contribution in [0.3, 0.4) is 0 Å². The van der Waals surface area contributed by atoms with Crippen LogP contribution in [0.15, 0.2) is 12.1 Å². The molecule has 3 amide bonds. The number of rotatable bonds is 1. The third kappa shape index (κ3) is 4.60. The van der Waals surface area contributed by atoms with Gasteiger partial charge in [0.1, 0.15) is 5.60 Å². The summed E-state index contributed by atoms with van der Waals surface area (Å²) < 4.78 is 17.1. The third-order valence-corrected chi connectivity index (χ3v) is 7.41. The van der Waals surface area contributed by atoms with Gasteiger partial charge in [0.25, 0.3) is 0 Å². The van der Waals surface area contributed by atoms with E-state index in [2.05, 4.69) is 0 Å². The van der Waals surface area contributed by atoms with E-state index in [1.165, 1.54) is 0 Å². The number of hydrogen-bond donors (Lipinski definition) is 0. The molecule has 4 aliphatic heterocycles. The second-order valence-electron chi connectivity index (χ2n) is 10.7. The Balaban J connectivity index is 1.42. The van der Waals surface area contributed by atoms with E-state index in [-0.39, 0.29) is 30.2 Å². The molecular formula is C25H34ClN3O5. The normalized spacial score (nSPS) is 26.9. The highest BCUT2D eigenvalue weighted by Crippen LogP contribution is 2.37. The maximum atomic E-state index is 13.6. The monoisotopic (exact) mass is 491 g/mol. The Morgan fingerprint density at radius 2 is 1.79 bits per heavy atom. The van der Waals surface area contributed by atoms with Crippen molar-refractivity contribution in [2.45, 2.75) is 70.3 Å². The second-order valence-corrected chi connectivity index (χ2v) is 11.1. The van der Waals surface area contributed by atoms with Crippen molar-refractivity contribution in [1.82, 2.24) is 14.7 Å². The second kappa shape index (κ2) is 9.21. The Hall–Kier alpha value is -2.03. The first-order chi connectivity index (χ1) is 16.2. The number of carbonyl (C=O) groups excluding carboxylic acids is 2. The Kier molecular flexibility index (Phi) is 6.42. The van der Waals surface area contributed by atoms with Crippen LogP contribution >= 0.6 is 11.6 Å². The van der Waals surface area contributed by atoms with Crippen LogP contribution in [-0.4, -0.2) is 84.0 Å². The zero-order valence-corrected chi connectivity index (χ0v) is 21.0. The maximum absolute atomic E-state index is 13.6. The van der Waals surface area contributed by atoms with E-state index in [9.17, 15) is 9.59 Å². The zero-order valence-electron chi connectivity index (χ0n) is 20.2. The quantitative estimate of drug-likeness (QED) is 0.594. The Labute approximate surface area is 206 Å². The number of urea groups is 1. The van der Waals surface area contributed by atoms with Crippen LogP contribution in [-0.2, 0) is 27.2 Å². The van der Waals surface area contributed by atoms with E-state index in [0.717, 1.165) is 36.0 Å². The van der Waals surface area contributed by atoms with Crippen molar-refractivity contribution in [3.05, 3.63) is 33.8 Å². The van der Waals surface area contributed by atoms with Crippen molar-refractivity contribution in [2.24, 2.45) is 0 Å². The van der Waals surface area contributed by atoms with E-state index in [4.69, 9.17) is 25.8 Å². The van der Waals surface area contributed by atoms with Gasteiger partial charge >= 0.3 is 12.1 Å². The lowest BCUT2D eigenvalue weighted by atomic mass is 9.90. The third-order valence-electron chi connectivity index (χ3n) is 7.19. The van der Waals surface area contributed by atoms with Gasteiger partial charge in [-0.3, -0.25) is 4.90 Å². The molecule has 0 spiro atoms. The molecule has 0 saturated carbocycles. The molecule has 34 heavy (non-hydrogen) atoms. The predicted molar refractivity (Wildman–Crippen MR) is 127 cm³/mol. The summed E-state index contributed by atoms with van der Waals surface area (Å²) >= 11 is 6.52. The number of morpholine rings is 2. The minimum atomic E-state index is -0.589. The fourth-order valence-corrected chi connectivity index (χ4v) is 5.87. The van der Waals surface area contributed by atoms with Crippen molar-refractivity contribution in [1.29, 1.82) is 0 Å². The van der Waals surface area contributed by atoms with Crippen LogP contribution in [0, 0.1) is 0 Å². The Morgan fingerprint density at radius 3 is 2.50 bits per heavy atom. The van der Waals surface area contributed by atoms with Gasteiger partial charge in [0.15, 0.2) is 0 Å². The molecule has 9 heteroatoms. The fraction of sp³-hybridized carbons (Fsp3) is 0.680. The molecule has 4 aliphatic rings. The predicted octanol–water partition coefficient (Wildman–Crippen LogP) is 3.99. The number of benzene rings is 1. The fourth-order valence-electron chi connectivity index (χ4n) is 5.62. The average Bonchev–Trinajstić information content (AvgIpc) is 3.04. The van der Waals surface area contributed by atoms with Crippen molar-refractivity contribution < 1.29 is 23.8 Å². The summed E-state index contributed by atoms with van der Waals surface area (Å²) in [4.78, 5) is 32.3. The highest BCUT2D eigenvalue weighted by Gasteiger charge is 2.43. The van der Waals surface area contributed by atoms with Gasteiger partial charge in [-0.25, -0.2) is 9.59 Å². The van der Waals surface area contributed by atoms with Crippen LogP contribution in [0.5, 0.6) is 0 Å². The van der Waals surface area contributed by atoms with Crippen LogP contribution in [0.4, 0.5) is 9.59 Å². The SMILES string of the molecule is CC(C)(C)OC(=O)N1CCOC[C@H]1c1cc(Cl)cc2c1CN(C(=O)N1C3CCC1COC3)CC2. The van der Waals surface area contributed by atoms with Gasteiger partial charge < -0.3 is 24.0 Å². The molecule has 2 bridgehead atoms. The van der Waals surface area contributed by atoms with Gasteiger partial charge in [0.05, 0.1) is 44.6 Å². The molecule has 186 valence electrons. The molecule has 3 saturated heterocycles. The highest BCUT2D eigenvalue weighted by atomic mass is 35.5. The van der Waals surface area contributed by atoms with Crippen LogP contribution in [0.2, 0.25) is 5.02 Å². The number of hydrogen-bond acceptors (Lipinski definition) is 5. The highest BCUT2D eigenvalue weighted by molar-refractivity contribution is 6.30.